The molecule has 0 aliphatic carbocycles. The Morgan fingerprint density at radius 3 is 1.46 bits per heavy atom. The van der Waals surface area contributed by atoms with Crippen molar-refractivity contribution in [2.75, 3.05) is 11.5 Å². The van der Waals surface area contributed by atoms with Gasteiger partial charge >= 0.3 is 27.6 Å². The van der Waals surface area contributed by atoms with Crippen LogP contribution in [0.2, 0.25) is 0 Å². The van der Waals surface area contributed by atoms with Gasteiger partial charge < -0.3 is 26.0 Å². The molecule has 0 amide bonds. The molecule has 0 fully saturated rings. The number of aromatic nitrogens is 15. The number of anilines is 2. The first kappa shape index (κ1) is 82.7. The number of thiazole rings is 2. The van der Waals surface area contributed by atoms with E-state index >= 15 is 0 Å². The van der Waals surface area contributed by atoms with Gasteiger partial charge in [0.05, 0.1) is 5.69 Å². The van der Waals surface area contributed by atoms with Crippen LogP contribution in [0.1, 0.15) is 233 Å². The third kappa shape index (κ3) is 34.4. The van der Waals surface area contributed by atoms with E-state index in [9.17, 15) is 23.4 Å². The normalized spacial score (nSPS) is 13.3. The van der Waals surface area contributed by atoms with Crippen LogP contribution in [0.5, 0.6) is 0 Å². The minimum atomic E-state index is -1.52. The van der Waals surface area contributed by atoms with Crippen molar-refractivity contribution in [1.82, 2.24) is 81.5 Å². The number of nitrogens with one attached hydrogen (secondary N) is 8. The standard InChI is InChI=1S/C9H14N2.C8H12N2O.C7H12N2S.C7H11NO2.C7H11NOS.C6H12N4.C6H11N3S.C6H10N2O2.C5H10N2O2S/c1-9(2,3)7-5-4-6-8(10)11-7;1-8(2,3)6-4-5-9-7(11)10-6;1-7(2,3)5-4-10-6(8)9-5;1-7(2,3)5-4-6(9)8-10-5;1-7(2,3)5-4-10-6(9)8-5;1-6(2,3)4-5-7-9-10-8-5;1-6(2,3)4-7-5(10)9-8-4;1-6(2,3)4-7-5(9)10-8-4;1-5(2,3)4-6-9-10(8)7-4/h4-6H,1-3H3,(H2,10,11);4-5H,1-3H3,(H,9,10,11);4H,1-3H3,(H2,8,9);2*4H,1-3H3,(H,8,9);4H2,1-3H3,(H,7,8,9,10);1-3H3,(H2,7,8,9,10);1-3H3,(H,7,8,9);1-3H3,(H,6,7). The Balaban J connectivity index is 0.000000518. The van der Waals surface area contributed by atoms with Crippen molar-refractivity contribution in [2.24, 2.45) is 15.2 Å². The summed E-state index contributed by atoms with van der Waals surface area (Å²) in [7, 11) is 0. The van der Waals surface area contributed by atoms with Crippen LogP contribution < -0.4 is 38.8 Å². The monoisotopic (exact) mass is 1360 g/mol. The van der Waals surface area contributed by atoms with Crippen LogP contribution >= 0.6 is 34.9 Å². The number of hydrogen-bond acceptors (Lipinski definition) is 22. The second-order valence-corrected chi connectivity index (χ2v) is 33.2. The number of nitrogens with two attached hydrogens (primary N) is 2. The zero-order valence-corrected chi connectivity index (χ0v) is 62.2. The van der Waals surface area contributed by atoms with Crippen molar-refractivity contribution < 1.29 is 17.5 Å². The van der Waals surface area contributed by atoms with Crippen LogP contribution in [-0.4, -0.2) is 86.1 Å². The van der Waals surface area contributed by atoms with E-state index in [-0.39, 0.29) is 64.9 Å². The molecule has 0 bridgehead atoms. The van der Waals surface area contributed by atoms with E-state index in [2.05, 4.69) is 199 Å². The average molecular weight is 1360 g/mol. The molecule has 1 aliphatic rings. The van der Waals surface area contributed by atoms with E-state index in [1.165, 1.54) is 34.9 Å². The van der Waals surface area contributed by atoms with Gasteiger partial charge in [-0.15, -0.1) is 25.9 Å². The molecule has 0 aromatic carbocycles. The summed E-state index contributed by atoms with van der Waals surface area (Å²) in [5.41, 5.74) is 17.3. The number of aromatic amines is 7. The van der Waals surface area contributed by atoms with Gasteiger partial charge in [0, 0.05) is 89.8 Å². The molecule has 8 aromatic rings. The van der Waals surface area contributed by atoms with E-state index in [4.69, 9.17) is 28.2 Å². The van der Waals surface area contributed by atoms with Gasteiger partial charge in [-0.3, -0.25) is 29.3 Å². The summed E-state index contributed by atoms with van der Waals surface area (Å²) in [6.07, 6.45) is 2.39. The van der Waals surface area contributed by atoms with Crippen LogP contribution in [-0.2, 0) is 59.9 Å². The molecule has 8 aromatic heterocycles. The molecule has 1 atom stereocenters. The molecule has 0 saturated heterocycles. The van der Waals surface area contributed by atoms with Crippen LogP contribution in [0.15, 0.2) is 79.9 Å². The number of hydroxylamine groups is 1. The number of pyridine rings is 1. The van der Waals surface area contributed by atoms with E-state index in [0.717, 1.165) is 40.8 Å². The Hall–Kier alpha value is -7.35. The molecule has 92 heavy (non-hydrogen) atoms. The molecule has 9 heterocycles. The van der Waals surface area contributed by atoms with Crippen LogP contribution in [0.3, 0.4) is 0 Å². The van der Waals surface area contributed by atoms with Gasteiger partial charge in [-0.2, -0.15) is 14.7 Å². The predicted octanol–water partition coefficient (Wildman–Crippen LogP) is 11.8. The van der Waals surface area contributed by atoms with E-state index in [1.807, 2.05) is 112 Å². The number of tetrazole rings is 1. The second kappa shape index (κ2) is 34.5. The summed E-state index contributed by atoms with van der Waals surface area (Å²) in [4.78, 5) is 66.5. The average Bonchev–Trinajstić information content (AvgIpc) is 1.22. The van der Waals surface area contributed by atoms with E-state index in [1.54, 1.807) is 6.07 Å². The zero-order chi connectivity index (χ0) is 71.2. The van der Waals surface area contributed by atoms with Crippen LogP contribution in [0, 0.1) is 15.6 Å². The summed E-state index contributed by atoms with van der Waals surface area (Å²) >= 11 is 6.00. The molecule has 514 valence electrons. The summed E-state index contributed by atoms with van der Waals surface area (Å²) in [6, 6.07) is 9.02. The number of hydrogen-bond donors (Lipinski definition) is 10. The molecular weight excluding hydrogens is 1260 g/mol. The summed E-state index contributed by atoms with van der Waals surface area (Å²) in [5.74, 6) is 3.69. The second-order valence-electron chi connectivity index (χ2n) is 30.3. The lowest BCUT2D eigenvalue weighted by Crippen LogP contribution is -2.30. The van der Waals surface area contributed by atoms with Crippen molar-refractivity contribution in [3.8, 4) is 0 Å². The van der Waals surface area contributed by atoms with Crippen molar-refractivity contribution in [1.29, 1.82) is 0 Å². The third-order valence-corrected chi connectivity index (χ3v) is 13.5. The van der Waals surface area contributed by atoms with E-state index in [0.29, 0.717) is 33.1 Å². The molecule has 0 radical (unpaired) electrons. The lowest BCUT2D eigenvalue weighted by molar-refractivity contribution is 0.291. The fraction of sp³-hybridized carbons (Fsp3) is 0.607. The Kier molecular flexibility index (Phi) is 31.0. The van der Waals surface area contributed by atoms with Crippen molar-refractivity contribution in [2.45, 2.75) is 231 Å². The largest absolute Gasteiger partial charge is 0.438 e. The quantitative estimate of drug-likeness (QED) is 0.0682. The SMILES string of the molecule is CC(C)(C)C1=NS(=O)ON1.CC(C)(C)Cc1nn[nH]n1.CC(C)(C)c1cc(=O)[nH]o1.CC(C)(C)c1cccc(N)n1.CC(C)(C)c1ccnc(=O)[nH]1.CC(C)(C)c1csc(=O)[nH]1.CC(C)(C)c1csc(N)n1.CC(C)(C)c1nc(=S)[nH][nH]1.CC(C)(C)c1noc(=O)[nH]1. The highest BCUT2D eigenvalue weighted by Gasteiger charge is 2.26. The molecular formula is C61H103N19O8S4. The number of H-pyrrole nitrogens is 7. The Bertz CT molecular complexity index is 3540. The molecule has 27 nitrogen and oxygen atoms in total. The molecule has 12 N–H and O–H groups in total. The molecule has 9 rings (SSSR count). The van der Waals surface area contributed by atoms with Crippen LogP contribution in [0.4, 0.5) is 10.9 Å². The maximum atomic E-state index is 10.8. The minimum absolute atomic E-state index is 0.0118. The maximum Gasteiger partial charge on any atom is 0.438 e. The van der Waals surface area contributed by atoms with Gasteiger partial charge in [-0.05, 0) is 35.8 Å². The third-order valence-electron chi connectivity index (χ3n) is 11.4. The van der Waals surface area contributed by atoms with Gasteiger partial charge in [-0.25, -0.2) is 39.2 Å². The highest BCUT2D eigenvalue weighted by atomic mass is 32.2. The van der Waals surface area contributed by atoms with Gasteiger partial charge in [0.1, 0.15) is 23.2 Å². The summed E-state index contributed by atoms with van der Waals surface area (Å²) in [6.45, 7) is 55.4. The Labute approximate surface area is 556 Å². The topological polar surface area (TPSA) is 411 Å². The highest BCUT2D eigenvalue weighted by Crippen LogP contribution is 2.26. The minimum Gasteiger partial charge on any atom is -0.384 e. The molecule has 0 saturated carbocycles. The summed E-state index contributed by atoms with van der Waals surface area (Å²) in [5, 5.41) is 29.6. The smallest absolute Gasteiger partial charge is 0.384 e. The zero-order valence-electron chi connectivity index (χ0n) is 58.9. The molecule has 1 aliphatic heterocycles. The van der Waals surface area contributed by atoms with Gasteiger partial charge in [0.2, 0.25) is 4.77 Å². The van der Waals surface area contributed by atoms with Crippen molar-refractivity contribution in [3.63, 3.8) is 0 Å². The number of nitrogen functional groups attached to an aromatic ring is 2. The Morgan fingerprint density at radius 2 is 1.20 bits per heavy atom. The van der Waals surface area contributed by atoms with Gasteiger partial charge in [0.15, 0.2) is 16.8 Å². The lowest BCUT2D eigenvalue weighted by atomic mass is 9.92. The molecule has 1 unspecified atom stereocenters. The maximum absolute atomic E-state index is 10.8. The first-order valence-electron chi connectivity index (χ1n) is 29.3. The highest BCUT2D eigenvalue weighted by molar-refractivity contribution is 7.79. The van der Waals surface area contributed by atoms with Crippen molar-refractivity contribution in [3.05, 3.63) is 139 Å². The fourth-order valence-electron chi connectivity index (χ4n) is 5.99. The first-order chi connectivity index (χ1) is 41.6. The number of rotatable bonds is 1. The molecule has 31 heteroatoms. The lowest BCUT2D eigenvalue weighted by Gasteiger charge is -2.17. The molecule has 0 spiro atoms. The number of nitrogens with zero attached hydrogens (tertiary/aromatic N) is 9. The fourth-order valence-corrected chi connectivity index (χ4v) is 8.38. The summed E-state index contributed by atoms with van der Waals surface area (Å²) < 4.78 is 28.5. The predicted molar refractivity (Wildman–Crippen MR) is 373 cm³/mol. The van der Waals surface area contributed by atoms with Crippen LogP contribution in [0.25, 0.3) is 0 Å². The van der Waals surface area contributed by atoms with Crippen molar-refractivity contribution >= 4 is 62.9 Å². The van der Waals surface area contributed by atoms with Gasteiger partial charge in [-0.1, -0.05) is 215 Å². The Morgan fingerprint density at radius 1 is 0.609 bits per heavy atom. The number of amidine groups is 1. The first-order valence-corrected chi connectivity index (χ1v) is 32.5. The van der Waals surface area contributed by atoms with Gasteiger partial charge in [0.25, 0.3) is 5.56 Å². The van der Waals surface area contributed by atoms with E-state index < -0.39 is 17.0 Å².